The summed E-state index contributed by atoms with van der Waals surface area (Å²) in [5.74, 6) is -0.428. The average Bonchev–Trinajstić information content (AvgIpc) is 2.24. The van der Waals surface area contributed by atoms with Crippen LogP contribution in [0.1, 0.15) is 31.1 Å². The van der Waals surface area contributed by atoms with E-state index in [0.717, 1.165) is 0 Å². The molecule has 0 heterocycles. The van der Waals surface area contributed by atoms with E-state index in [0.29, 0.717) is 11.3 Å². The maximum absolute atomic E-state index is 11.5. The Balaban J connectivity index is 2.78. The predicted molar refractivity (Wildman–Crippen MR) is 73.2 cm³/mol. The van der Waals surface area contributed by atoms with Gasteiger partial charge in [0.1, 0.15) is 11.4 Å². The van der Waals surface area contributed by atoms with Crippen molar-refractivity contribution in [1.29, 1.82) is 0 Å². The van der Waals surface area contributed by atoms with Crippen LogP contribution in [0.15, 0.2) is 12.1 Å². The summed E-state index contributed by atoms with van der Waals surface area (Å²) in [5, 5.41) is 0.481. The predicted octanol–water partition coefficient (Wildman–Crippen LogP) is 3.53. The number of ether oxygens (including phenoxy) is 2. The molecule has 0 bridgehead atoms. The van der Waals surface area contributed by atoms with Crippen LogP contribution in [-0.2, 0) is 9.53 Å². The monoisotopic (exact) mass is 304 g/mol. The number of hydrogen-bond acceptors (Lipinski definition) is 4. The van der Waals surface area contributed by atoms with Crippen LogP contribution < -0.4 is 4.74 Å². The van der Waals surface area contributed by atoms with Crippen molar-refractivity contribution < 1.29 is 19.1 Å². The highest BCUT2D eigenvalue weighted by Crippen LogP contribution is 2.31. The number of halogens is 2. The second-order valence-corrected chi connectivity index (χ2v) is 5.64. The summed E-state index contributed by atoms with van der Waals surface area (Å²) < 4.78 is 10.3. The smallest absolute Gasteiger partial charge is 0.344 e. The highest BCUT2D eigenvalue weighted by molar-refractivity contribution is 6.36. The molecule has 0 aliphatic rings. The number of esters is 1. The number of rotatable bonds is 4. The fraction of sp³-hybridized carbons (Fsp3) is 0.385. The lowest BCUT2D eigenvalue weighted by molar-refractivity contribution is -0.157. The molecule has 0 aromatic heterocycles. The average molecular weight is 305 g/mol. The molecular weight excluding hydrogens is 291 g/mol. The highest BCUT2D eigenvalue weighted by atomic mass is 35.5. The van der Waals surface area contributed by atoms with Crippen molar-refractivity contribution in [3.8, 4) is 5.75 Å². The molecule has 0 atom stereocenters. The van der Waals surface area contributed by atoms with Gasteiger partial charge in [0.05, 0.1) is 10.6 Å². The molecular formula is C13H14Cl2O4. The lowest BCUT2D eigenvalue weighted by Crippen LogP contribution is -2.27. The van der Waals surface area contributed by atoms with Crippen molar-refractivity contribution in [2.45, 2.75) is 26.4 Å². The molecule has 0 fully saturated rings. The van der Waals surface area contributed by atoms with Crippen LogP contribution in [0.5, 0.6) is 5.75 Å². The first kappa shape index (κ1) is 15.8. The molecule has 0 N–H and O–H groups in total. The summed E-state index contributed by atoms with van der Waals surface area (Å²) in [6, 6.07) is 2.84. The van der Waals surface area contributed by atoms with Crippen molar-refractivity contribution in [3.63, 3.8) is 0 Å². The second kappa shape index (κ2) is 6.26. The minimum atomic E-state index is -0.599. The SMILES string of the molecule is CC(C)(C)OC(=O)COc1c(Cl)cc(Cl)cc1C=O. The minimum Gasteiger partial charge on any atom is -0.480 e. The van der Waals surface area contributed by atoms with Gasteiger partial charge in [-0.15, -0.1) is 0 Å². The molecule has 19 heavy (non-hydrogen) atoms. The van der Waals surface area contributed by atoms with Gasteiger partial charge < -0.3 is 9.47 Å². The van der Waals surface area contributed by atoms with Crippen LogP contribution in [-0.4, -0.2) is 24.5 Å². The quantitative estimate of drug-likeness (QED) is 0.631. The molecule has 104 valence electrons. The van der Waals surface area contributed by atoms with E-state index < -0.39 is 11.6 Å². The van der Waals surface area contributed by atoms with Gasteiger partial charge in [-0.2, -0.15) is 0 Å². The summed E-state index contributed by atoms with van der Waals surface area (Å²) in [6.45, 7) is 4.91. The van der Waals surface area contributed by atoms with Crippen LogP contribution in [0.2, 0.25) is 10.0 Å². The first-order chi connectivity index (χ1) is 8.73. The van der Waals surface area contributed by atoms with Gasteiger partial charge in [-0.25, -0.2) is 4.79 Å². The lowest BCUT2D eigenvalue weighted by atomic mass is 10.2. The molecule has 0 amide bonds. The Bertz CT molecular complexity index is 492. The van der Waals surface area contributed by atoms with E-state index in [-0.39, 0.29) is 22.9 Å². The Morgan fingerprint density at radius 1 is 1.32 bits per heavy atom. The van der Waals surface area contributed by atoms with Gasteiger partial charge in [0.15, 0.2) is 12.9 Å². The van der Waals surface area contributed by atoms with Gasteiger partial charge in [-0.1, -0.05) is 23.2 Å². The van der Waals surface area contributed by atoms with Crippen molar-refractivity contribution >= 4 is 35.5 Å². The number of benzene rings is 1. The molecule has 0 spiro atoms. The van der Waals surface area contributed by atoms with E-state index >= 15 is 0 Å². The molecule has 6 heteroatoms. The molecule has 0 unspecified atom stereocenters. The molecule has 0 saturated carbocycles. The van der Waals surface area contributed by atoms with E-state index in [4.69, 9.17) is 32.7 Å². The van der Waals surface area contributed by atoms with E-state index in [1.165, 1.54) is 12.1 Å². The third-order valence-electron chi connectivity index (χ3n) is 1.92. The summed E-state index contributed by atoms with van der Waals surface area (Å²) in [4.78, 5) is 22.4. The number of carbonyl (C=O) groups is 2. The van der Waals surface area contributed by atoms with Crippen LogP contribution in [0.3, 0.4) is 0 Å². The van der Waals surface area contributed by atoms with Crippen molar-refractivity contribution in [2.24, 2.45) is 0 Å². The zero-order valence-corrected chi connectivity index (χ0v) is 12.3. The number of aldehydes is 1. The van der Waals surface area contributed by atoms with E-state index in [1.807, 2.05) is 0 Å². The van der Waals surface area contributed by atoms with E-state index in [2.05, 4.69) is 0 Å². The van der Waals surface area contributed by atoms with Gasteiger partial charge in [-0.05, 0) is 32.9 Å². The molecule has 1 aromatic carbocycles. The summed E-state index contributed by atoms with van der Waals surface area (Å²) in [6.07, 6.45) is 0.558. The normalized spacial score (nSPS) is 11.0. The van der Waals surface area contributed by atoms with Gasteiger partial charge in [0, 0.05) is 5.02 Å². The lowest BCUT2D eigenvalue weighted by Gasteiger charge is -2.19. The minimum absolute atomic E-state index is 0.118. The molecule has 4 nitrogen and oxygen atoms in total. The summed E-state index contributed by atoms with van der Waals surface area (Å²) in [5.41, 5.74) is -0.418. The van der Waals surface area contributed by atoms with Crippen molar-refractivity contribution in [2.75, 3.05) is 6.61 Å². The largest absolute Gasteiger partial charge is 0.480 e. The third-order valence-corrected chi connectivity index (χ3v) is 2.42. The molecule has 1 aromatic rings. The van der Waals surface area contributed by atoms with Gasteiger partial charge in [0.2, 0.25) is 0 Å². The zero-order valence-electron chi connectivity index (χ0n) is 10.8. The first-order valence-electron chi connectivity index (χ1n) is 5.52. The topological polar surface area (TPSA) is 52.6 Å². The Morgan fingerprint density at radius 3 is 2.47 bits per heavy atom. The van der Waals surface area contributed by atoms with Crippen molar-refractivity contribution in [3.05, 3.63) is 27.7 Å². The van der Waals surface area contributed by atoms with Gasteiger partial charge in [-0.3, -0.25) is 4.79 Å². The number of carbonyl (C=O) groups excluding carboxylic acids is 2. The summed E-state index contributed by atoms with van der Waals surface area (Å²) >= 11 is 11.7. The van der Waals surface area contributed by atoms with E-state index in [9.17, 15) is 9.59 Å². The van der Waals surface area contributed by atoms with Crippen LogP contribution >= 0.6 is 23.2 Å². The summed E-state index contributed by atoms with van der Waals surface area (Å²) in [7, 11) is 0. The maximum atomic E-state index is 11.5. The van der Waals surface area contributed by atoms with Crippen LogP contribution in [0, 0.1) is 0 Å². The standard InChI is InChI=1S/C13H14Cl2O4/c1-13(2,3)19-11(17)7-18-12-8(6-16)4-9(14)5-10(12)15/h4-6H,7H2,1-3H3. The maximum Gasteiger partial charge on any atom is 0.344 e. The fourth-order valence-corrected chi connectivity index (χ4v) is 1.89. The Labute approximate surface area is 121 Å². The van der Waals surface area contributed by atoms with Crippen LogP contribution in [0.25, 0.3) is 0 Å². The second-order valence-electron chi connectivity index (χ2n) is 4.80. The molecule has 0 aliphatic carbocycles. The third kappa shape index (κ3) is 5.09. The highest BCUT2D eigenvalue weighted by Gasteiger charge is 2.18. The molecule has 0 saturated heterocycles. The number of hydrogen-bond donors (Lipinski definition) is 0. The van der Waals surface area contributed by atoms with E-state index in [1.54, 1.807) is 20.8 Å². The first-order valence-corrected chi connectivity index (χ1v) is 6.27. The Hall–Kier alpha value is -1.26. The molecule has 0 radical (unpaired) electrons. The van der Waals surface area contributed by atoms with Crippen molar-refractivity contribution in [1.82, 2.24) is 0 Å². The molecule has 0 aliphatic heterocycles. The zero-order chi connectivity index (χ0) is 14.6. The van der Waals surface area contributed by atoms with Crippen LogP contribution in [0.4, 0.5) is 0 Å². The van der Waals surface area contributed by atoms with Gasteiger partial charge in [0.25, 0.3) is 0 Å². The Kier molecular flexibility index (Phi) is 5.20. The van der Waals surface area contributed by atoms with Gasteiger partial charge >= 0.3 is 5.97 Å². The fourth-order valence-electron chi connectivity index (χ4n) is 1.32. The molecule has 1 rings (SSSR count). The Morgan fingerprint density at radius 2 is 1.95 bits per heavy atom.